The van der Waals surface area contributed by atoms with E-state index in [1.54, 1.807) is 0 Å². The first-order valence-corrected chi connectivity index (χ1v) is 3.39. The minimum atomic E-state index is -0.583. The van der Waals surface area contributed by atoms with Gasteiger partial charge in [0.25, 0.3) is 0 Å². The Morgan fingerprint density at radius 2 is 2.22 bits per heavy atom. The maximum atomic E-state index is 12.5. The summed E-state index contributed by atoms with van der Waals surface area (Å²) in [6.45, 7) is 5.57. The Morgan fingerprint density at radius 3 is 2.44 bits per heavy atom. The van der Waals surface area contributed by atoms with Gasteiger partial charge in [-0.25, -0.2) is 8.97 Å². The van der Waals surface area contributed by atoms with Crippen molar-refractivity contribution in [2.45, 2.75) is 26.4 Å². The lowest BCUT2D eigenvalue weighted by atomic mass is 10.3. The molecule has 9 heavy (non-hydrogen) atoms. The maximum Gasteiger partial charge on any atom is 0.174 e. The van der Waals surface area contributed by atoms with Crippen molar-refractivity contribution in [3.8, 4) is 0 Å². The summed E-state index contributed by atoms with van der Waals surface area (Å²) in [6, 6.07) is 0. The third kappa shape index (κ3) is 1.50. The zero-order chi connectivity index (χ0) is 6.85. The smallest absolute Gasteiger partial charge is 0.174 e. The molecule has 1 heterocycles. The normalized spacial score (nSPS) is 27.0. The Kier molecular flexibility index (Phi) is 1.84. The quantitative estimate of drug-likeness (QED) is 0.434. The molecule has 1 fully saturated rings. The molecule has 1 aliphatic rings. The van der Waals surface area contributed by atoms with Crippen LogP contribution in [0.1, 0.15) is 20.3 Å². The van der Waals surface area contributed by atoms with Crippen LogP contribution in [0.2, 0.25) is 0 Å². The lowest BCUT2D eigenvalue weighted by molar-refractivity contribution is -0.509. The van der Waals surface area contributed by atoms with Crippen molar-refractivity contribution in [1.82, 2.24) is 0 Å². The van der Waals surface area contributed by atoms with E-state index in [1.807, 2.05) is 13.8 Å². The number of hydrogen-bond donors (Lipinski definition) is 0. The van der Waals surface area contributed by atoms with Gasteiger partial charge in [-0.05, 0) is 0 Å². The average Bonchev–Trinajstić information content (AvgIpc) is 2.14. The molecular weight excluding hydrogens is 117 g/mol. The number of hydrogen-bond acceptors (Lipinski definition) is 0. The van der Waals surface area contributed by atoms with Crippen molar-refractivity contribution >= 4 is 5.71 Å². The average molecular weight is 130 g/mol. The number of nitrogens with zero attached hydrogens (tertiary/aromatic N) is 1. The molecule has 0 radical (unpaired) electrons. The van der Waals surface area contributed by atoms with E-state index in [2.05, 4.69) is 4.58 Å². The van der Waals surface area contributed by atoms with Crippen LogP contribution in [0.4, 0.5) is 4.39 Å². The number of halogens is 1. The van der Waals surface area contributed by atoms with Crippen LogP contribution in [0.5, 0.6) is 0 Å². The second-order valence-corrected chi connectivity index (χ2v) is 2.78. The van der Waals surface area contributed by atoms with Gasteiger partial charge in [-0.15, -0.1) is 0 Å². The molecule has 0 saturated carbocycles. The first-order valence-electron chi connectivity index (χ1n) is 3.39. The third-order valence-corrected chi connectivity index (χ3v) is 1.76. The zero-order valence-corrected chi connectivity index (χ0v) is 6.02. The summed E-state index contributed by atoms with van der Waals surface area (Å²) in [7, 11) is 0. The predicted molar refractivity (Wildman–Crippen MR) is 35.9 cm³/mol. The fourth-order valence-electron chi connectivity index (χ4n) is 1.12. The van der Waals surface area contributed by atoms with Crippen LogP contribution in [0.3, 0.4) is 0 Å². The first-order chi connectivity index (χ1) is 4.20. The Hall–Kier alpha value is -0.400. The van der Waals surface area contributed by atoms with Crippen molar-refractivity contribution in [3.63, 3.8) is 0 Å². The van der Waals surface area contributed by atoms with Gasteiger partial charge in [0.15, 0.2) is 12.7 Å². The second-order valence-electron chi connectivity index (χ2n) is 2.78. The van der Waals surface area contributed by atoms with E-state index in [0.29, 0.717) is 13.0 Å². The highest BCUT2D eigenvalue weighted by molar-refractivity contribution is 5.73. The van der Waals surface area contributed by atoms with Crippen molar-refractivity contribution in [2.24, 2.45) is 0 Å². The summed E-state index contributed by atoms with van der Waals surface area (Å²) in [6.07, 6.45) is 0.130. The van der Waals surface area contributed by atoms with Crippen molar-refractivity contribution in [2.75, 3.05) is 13.1 Å². The van der Waals surface area contributed by atoms with E-state index in [1.165, 1.54) is 5.71 Å². The van der Waals surface area contributed by atoms with Crippen LogP contribution in [-0.2, 0) is 0 Å². The van der Waals surface area contributed by atoms with Crippen LogP contribution in [0.15, 0.2) is 0 Å². The van der Waals surface area contributed by atoms with E-state index >= 15 is 0 Å². The standard InChI is InChI=1S/C7H13FN/c1-6(2)9-4-3-7(8)5-9/h7H,3-5H2,1-2H3/q+1/t7-/m1/s1. The van der Waals surface area contributed by atoms with Gasteiger partial charge in [-0.2, -0.15) is 0 Å². The Balaban J connectivity index is 2.58. The van der Waals surface area contributed by atoms with Gasteiger partial charge in [0, 0.05) is 20.3 Å². The minimum absolute atomic E-state index is 0.583. The van der Waals surface area contributed by atoms with Gasteiger partial charge in [-0.3, -0.25) is 0 Å². The number of alkyl halides is 1. The van der Waals surface area contributed by atoms with E-state index in [9.17, 15) is 4.39 Å². The lowest BCUT2D eigenvalue weighted by Gasteiger charge is -1.91. The molecule has 0 spiro atoms. The first kappa shape index (κ1) is 6.72. The predicted octanol–water partition coefficient (Wildman–Crippen LogP) is 1.22. The molecule has 1 aliphatic heterocycles. The van der Waals surface area contributed by atoms with Gasteiger partial charge < -0.3 is 0 Å². The van der Waals surface area contributed by atoms with Crippen LogP contribution >= 0.6 is 0 Å². The molecule has 0 aromatic heterocycles. The van der Waals surface area contributed by atoms with Crippen molar-refractivity contribution < 1.29 is 8.97 Å². The SMILES string of the molecule is CC(C)=[N+]1CC[C@@H](F)C1. The maximum absolute atomic E-state index is 12.5. The summed E-state index contributed by atoms with van der Waals surface area (Å²) in [5.74, 6) is 0. The highest BCUT2D eigenvalue weighted by Crippen LogP contribution is 2.07. The molecule has 0 aromatic carbocycles. The molecule has 2 heteroatoms. The zero-order valence-electron chi connectivity index (χ0n) is 6.02. The second kappa shape index (κ2) is 2.46. The summed E-state index contributed by atoms with van der Waals surface area (Å²) in [5, 5.41) is 0. The fourth-order valence-corrected chi connectivity index (χ4v) is 1.12. The highest BCUT2D eigenvalue weighted by Gasteiger charge is 2.24. The molecule has 1 saturated heterocycles. The lowest BCUT2D eigenvalue weighted by Crippen LogP contribution is -2.14. The molecule has 0 aliphatic carbocycles. The molecule has 0 unspecified atom stereocenters. The largest absolute Gasteiger partial charge is 0.240 e. The van der Waals surface area contributed by atoms with Gasteiger partial charge >= 0.3 is 0 Å². The van der Waals surface area contributed by atoms with Gasteiger partial charge in [-0.1, -0.05) is 0 Å². The van der Waals surface area contributed by atoms with E-state index < -0.39 is 6.17 Å². The van der Waals surface area contributed by atoms with Gasteiger partial charge in [0.2, 0.25) is 0 Å². The summed E-state index contributed by atoms with van der Waals surface area (Å²) >= 11 is 0. The Morgan fingerprint density at radius 1 is 1.56 bits per heavy atom. The molecule has 0 bridgehead atoms. The molecule has 52 valence electrons. The molecule has 0 amide bonds. The van der Waals surface area contributed by atoms with Crippen molar-refractivity contribution in [3.05, 3.63) is 0 Å². The van der Waals surface area contributed by atoms with Crippen LogP contribution in [0.25, 0.3) is 0 Å². The highest BCUT2D eigenvalue weighted by atomic mass is 19.1. The third-order valence-electron chi connectivity index (χ3n) is 1.76. The van der Waals surface area contributed by atoms with Crippen LogP contribution in [-0.4, -0.2) is 29.5 Å². The Labute approximate surface area is 55.2 Å². The minimum Gasteiger partial charge on any atom is -0.240 e. The monoisotopic (exact) mass is 130 g/mol. The fraction of sp³-hybridized carbons (Fsp3) is 0.857. The molecule has 0 aromatic rings. The van der Waals surface area contributed by atoms with E-state index in [-0.39, 0.29) is 0 Å². The molecule has 1 atom stereocenters. The summed E-state index contributed by atoms with van der Waals surface area (Å²) < 4.78 is 14.6. The van der Waals surface area contributed by atoms with Crippen molar-refractivity contribution in [1.29, 1.82) is 0 Å². The summed E-state index contributed by atoms with van der Waals surface area (Å²) in [5.41, 5.74) is 1.23. The van der Waals surface area contributed by atoms with Crippen LogP contribution in [0, 0.1) is 0 Å². The molecule has 1 nitrogen and oxygen atoms in total. The van der Waals surface area contributed by atoms with E-state index in [4.69, 9.17) is 0 Å². The molecule has 0 N–H and O–H groups in total. The number of rotatable bonds is 0. The molecular formula is C7H13FN+. The topological polar surface area (TPSA) is 3.01 Å². The molecule has 1 rings (SSSR count). The Bertz CT molecular complexity index is 136. The van der Waals surface area contributed by atoms with Crippen LogP contribution < -0.4 is 0 Å². The van der Waals surface area contributed by atoms with Gasteiger partial charge in [0.05, 0.1) is 0 Å². The van der Waals surface area contributed by atoms with Gasteiger partial charge in [0.1, 0.15) is 12.3 Å². The summed E-state index contributed by atoms with van der Waals surface area (Å²) in [4.78, 5) is 0. The van der Waals surface area contributed by atoms with E-state index in [0.717, 1.165) is 6.54 Å².